The Kier molecular flexibility index (Phi) is 4.11. The van der Waals surface area contributed by atoms with Gasteiger partial charge in [0.1, 0.15) is 11.6 Å². The topological polar surface area (TPSA) is 30.3 Å². The lowest BCUT2D eigenvalue weighted by atomic mass is 9.91. The van der Waals surface area contributed by atoms with Crippen molar-refractivity contribution in [3.63, 3.8) is 0 Å². The van der Waals surface area contributed by atoms with E-state index in [1.165, 1.54) is 72.2 Å². The van der Waals surface area contributed by atoms with Gasteiger partial charge in [0, 0.05) is 30.4 Å². The first-order valence-electron chi connectivity index (χ1n) is 10.5. The average Bonchev–Trinajstić information content (AvgIpc) is 2.96. The summed E-state index contributed by atoms with van der Waals surface area (Å²) in [6.45, 7) is 8.88. The number of hydrogen-bond donors (Lipinski definition) is 0. The first kappa shape index (κ1) is 17.6. The molecule has 1 aliphatic carbocycles. The molecule has 0 spiro atoms. The molecule has 0 bridgehead atoms. The second-order valence-electron chi connectivity index (χ2n) is 8.41. The molecule has 3 aromatic rings. The molecule has 2 aliphatic rings. The highest BCUT2D eigenvalue weighted by Gasteiger charge is 2.27. The summed E-state index contributed by atoms with van der Waals surface area (Å²) in [5.41, 5.74) is 8.73. The third-order valence-electron chi connectivity index (χ3n) is 6.97. The van der Waals surface area contributed by atoms with Crippen molar-refractivity contribution >= 4 is 16.7 Å². The Hall–Kier alpha value is -2.49. The second-order valence-corrected chi connectivity index (χ2v) is 8.41. The van der Waals surface area contributed by atoms with Gasteiger partial charge in [-0.25, -0.2) is 4.98 Å². The second kappa shape index (κ2) is 6.54. The summed E-state index contributed by atoms with van der Waals surface area (Å²) in [6.07, 6.45) is 5.10. The molecule has 4 heteroatoms. The minimum absolute atomic E-state index is 0.554. The largest absolute Gasteiger partial charge is 0.496 e. The fourth-order valence-electron chi connectivity index (χ4n) is 4.52. The van der Waals surface area contributed by atoms with Gasteiger partial charge < -0.3 is 14.2 Å². The van der Waals surface area contributed by atoms with Crippen LogP contribution in [-0.2, 0) is 0 Å². The molecule has 0 unspecified atom stereocenters. The van der Waals surface area contributed by atoms with Crippen LogP contribution in [0.4, 0.5) is 5.69 Å². The van der Waals surface area contributed by atoms with Crippen LogP contribution in [-0.4, -0.2) is 29.8 Å². The monoisotopic (exact) mass is 375 g/mol. The first-order chi connectivity index (χ1) is 13.6. The van der Waals surface area contributed by atoms with Gasteiger partial charge in [-0.3, -0.25) is 0 Å². The van der Waals surface area contributed by atoms with Crippen molar-refractivity contribution in [3.05, 3.63) is 41.0 Å². The zero-order valence-corrected chi connectivity index (χ0v) is 17.4. The van der Waals surface area contributed by atoms with Crippen LogP contribution < -0.4 is 9.64 Å². The average molecular weight is 376 g/mol. The van der Waals surface area contributed by atoms with E-state index in [1.54, 1.807) is 7.11 Å². The molecule has 0 radical (unpaired) electrons. The Balaban J connectivity index is 1.74. The molecule has 0 amide bonds. The van der Waals surface area contributed by atoms with E-state index in [9.17, 15) is 0 Å². The summed E-state index contributed by atoms with van der Waals surface area (Å²) in [5, 5.41) is 0. The van der Waals surface area contributed by atoms with E-state index in [2.05, 4.69) is 54.5 Å². The molecule has 5 rings (SSSR count). The summed E-state index contributed by atoms with van der Waals surface area (Å²) >= 11 is 0. The van der Waals surface area contributed by atoms with Crippen molar-refractivity contribution in [1.82, 2.24) is 9.55 Å². The number of imidazole rings is 1. The van der Waals surface area contributed by atoms with Crippen LogP contribution in [0.1, 0.15) is 48.4 Å². The Morgan fingerprint density at radius 2 is 1.75 bits per heavy atom. The Morgan fingerprint density at radius 1 is 0.964 bits per heavy atom. The SMILES string of the molecule is COc1cc(-c2nc3ccc(N4CCC4)cc3n2C2CCC2)c(C)c(C)c1C. The predicted molar refractivity (Wildman–Crippen MR) is 116 cm³/mol. The molecule has 2 heterocycles. The lowest BCUT2D eigenvalue weighted by Gasteiger charge is -2.34. The molecule has 2 fully saturated rings. The van der Waals surface area contributed by atoms with E-state index in [0.29, 0.717) is 6.04 Å². The lowest BCUT2D eigenvalue weighted by molar-refractivity contribution is 0.323. The van der Waals surface area contributed by atoms with Crippen LogP contribution >= 0.6 is 0 Å². The van der Waals surface area contributed by atoms with Gasteiger partial charge in [0.15, 0.2) is 0 Å². The highest BCUT2D eigenvalue weighted by molar-refractivity contribution is 5.85. The van der Waals surface area contributed by atoms with E-state index in [-0.39, 0.29) is 0 Å². The van der Waals surface area contributed by atoms with Crippen LogP contribution in [0.5, 0.6) is 5.75 Å². The number of nitrogens with zero attached hydrogens (tertiary/aromatic N) is 3. The maximum Gasteiger partial charge on any atom is 0.141 e. The highest BCUT2D eigenvalue weighted by atomic mass is 16.5. The van der Waals surface area contributed by atoms with Gasteiger partial charge in [0.05, 0.1) is 18.1 Å². The molecule has 1 aliphatic heterocycles. The minimum Gasteiger partial charge on any atom is -0.496 e. The van der Waals surface area contributed by atoms with E-state index in [0.717, 1.165) is 17.1 Å². The van der Waals surface area contributed by atoms with E-state index >= 15 is 0 Å². The maximum atomic E-state index is 5.69. The molecule has 2 aromatic carbocycles. The normalized spacial score (nSPS) is 16.9. The number of fused-ring (bicyclic) bond motifs is 1. The van der Waals surface area contributed by atoms with Crippen LogP contribution in [0.3, 0.4) is 0 Å². The summed E-state index contributed by atoms with van der Waals surface area (Å²) < 4.78 is 8.20. The fourth-order valence-corrected chi connectivity index (χ4v) is 4.52. The number of rotatable bonds is 4. The number of methoxy groups -OCH3 is 1. The summed E-state index contributed by atoms with van der Waals surface area (Å²) in [4.78, 5) is 7.59. The van der Waals surface area contributed by atoms with Gasteiger partial charge in [-0.2, -0.15) is 0 Å². The van der Waals surface area contributed by atoms with Gasteiger partial charge in [0.25, 0.3) is 0 Å². The van der Waals surface area contributed by atoms with Crippen molar-refractivity contribution in [2.45, 2.75) is 52.5 Å². The number of anilines is 1. The molecular formula is C24H29N3O. The molecule has 146 valence electrons. The quantitative estimate of drug-likeness (QED) is 0.597. The summed E-state index contributed by atoms with van der Waals surface area (Å²) in [5.74, 6) is 2.05. The van der Waals surface area contributed by atoms with Gasteiger partial charge in [0.2, 0.25) is 0 Å². The fraction of sp³-hybridized carbons (Fsp3) is 0.458. The standard InChI is InChI=1S/C24H29N3O/c1-15-16(2)20(14-23(28-4)17(15)3)24-25-21-10-9-19(26-11-6-12-26)13-22(21)27(24)18-7-5-8-18/h9-10,13-14,18H,5-8,11-12H2,1-4H3. The van der Waals surface area contributed by atoms with Crippen LogP contribution in [0.2, 0.25) is 0 Å². The van der Waals surface area contributed by atoms with Gasteiger partial charge >= 0.3 is 0 Å². The summed E-state index contributed by atoms with van der Waals surface area (Å²) in [6, 6.07) is 9.53. The molecule has 1 saturated carbocycles. The number of aromatic nitrogens is 2. The van der Waals surface area contributed by atoms with Crippen molar-refractivity contribution in [1.29, 1.82) is 0 Å². The molecule has 1 saturated heterocycles. The smallest absolute Gasteiger partial charge is 0.141 e. The van der Waals surface area contributed by atoms with E-state index in [1.807, 2.05) is 0 Å². The van der Waals surface area contributed by atoms with Crippen molar-refractivity contribution in [2.75, 3.05) is 25.1 Å². The molecule has 4 nitrogen and oxygen atoms in total. The Labute approximate surface area is 167 Å². The van der Waals surface area contributed by atoms with Crippen LogP contribution in [0.15, 0.2) is 24.3 Å². The third-order valence-corrected chi connectivity index (χ3v) is 6.97. The number of ether oxygens (including phenoxy) is 1. The number of benzene rings is 2. The molecule has 0 N–H and O–H groups in total. The zero-order chi connectivity index (χ0) is 19.4. The van der Waals surface area contributed by atoms with Crippen molar-refractivity contribution in [2.24, 2.45) is 0 Å². The van der Waals surface area contributed by atoms with Gasteiger partial charge in [-0.1, -0.05) is 0 Å². The Bertz CT molecular complexity index is 1060. The predicted octanol–water partition coefficient (Wildman–Crippen LogP) is 5.57. The third kappa shape index (κ3) is 2.54. The molecule has 28 heavy (non-hydrogen) atoms. The van der Waals surface area contributed by atoms with Crippen LogP contribution in [0.25, 0.3) is 22.4 Å². The molecule has 0 atom stereocenters. The highest BCUT2D eigenvalue weighted by Crippen LogP contribution is 2.42. The van der Waals surface area contributed by atoms with Crippen molar-refractivity contribution in [3.8, 4) is 17.1 Å². The van der Waals surface area contributed by atoms with Crippen molar-refractivity contribution < 1.29 is 4.74 Å². The minimum atomic E-state index is 0.554. The Morgan fingerprint density at radius 3 is 2.36 bits per heavy atom. The van der Waals surface area contributed by atoms with Crippen LogP contribution in [0, 0.1) is 20.8 Å². The summed E-state index contributed by atoms with van der Waals surface area (Å²) in [7, 11) is 1.76. The van der Waals surface area contributed by atoms with Gasteiger partial charge in [-0.15, -0.1) is 0 Å². The zero-order valence-electron chi connectivity index (χ0n) is 17.4. The van der Waals surface area contributed by atoms with E-state index in [4.69, 9.17) is 9.72 Å². The van der Waals surface area contributed by atoms with Gasteiger partial charge in [-0.05, 0) is 87.4 Å². The first-order valence-corrected chi connectivity index (χ1v) is 10.5. The number of hydrogen-bond acceptors (Lipinski definition) is 3. The molecular weight excluding hydrogens is 346 g/mol. The van der Waals surface area contributed by atoms with E-state index < -0.39 is 0 Å². The molecule has 1 aromatic heterocycles. The maximum absolute atomic E-state index is 5.69. The lowest BCUT2D eigenvalue weighted by Crippen LogP contribution is -2.36.